The van der Waals surface area contributed by atoms with E-state index in [9.17, 15) is 13.2 Å². The molecular formula is C11H14F3N3. The van der Waals surface area contributed by atoms with Crippen molar-refractivity contribution >= 4 is 5.82 Å². The van der Waals surface area contributed by atoms with Gasteiger partial charge in [0.15, 0.2) is 0 Å². The molecule has 1 aromatic rings. The minimum Gasteiger partial charge on any atom is -0.384 e. The highest BCUT2D eigenvalue weighted by atomic mass is 19.4. The SMILES string of the molecule is Cc1c(C#N)c(N)n(C(C)CC(F)(F)F)c1C. The molecule has 2 N–H and O–H groups in total. The van der Waals surface area contributed by atoms with Gasteiger partial charge in [-0.05, 0) is 26.3 Å². The molecule has 0 spiro atoms. The number of nitriles is 1. The van der Waals surface area contributed by atoms with Crippen molar-refractivity contribution in [3.05, 3.63) is 16.8 Å². The van der Waals surface area contributed by atoms with Crippen LogP contribution in [-0.2, 0) is 0 Å². The molecule has 0 fully saturated rings. The van der Waals surface area contributed by atoms with Crippen molar-refractivity contribution in [2.24, 2.45) is 0 Å². The summed E-state index contributed by atoms with van der Waals surface area (Å²) in [6.07, 6.45) is -5.21. The van der Waals surface area contributed by atoms with Crippen LogP contribution in [0.4, 0.5) is 19.0 Å². The number of halogens is 3. The minimum atomic E-state index is -4.25. The number of hydrogen-bond acceptors (Lipinski definition) is 2. The van der Waals surface area contributed by atoms with Gasteiger partial charge < -0.3 is 10.3 Å². The van der Waals surface area contributed by atoms with Gasteiger partial charge in [0.05, 0.1) is 12.0 Å². The molecule has 1 rings (SSSR count). The summed E-state index contributed by atoms with van der Waals surface area (Å²) in [5.41, 5.74) is 7.21. The molecule has 0 amide bonds. The van der Waals surface area contributed by atoms with Crippen LogP contribution >= 0.6 is 0 Å². The van der Waals surface area contributed by atoms with Crippen LogP contribution in [0.5, 0.6) is 0 Å². The summed E-state index contributed by atoms with van der Waals surface area (Å²) >= 11 is 0. The van der Waals surface area contributed by atoms with E-state index in [-0.39, 0.29) is 11.4 Å². The Kier molecular flexibility index (Phi) is 3.41. The fourth-order valence-electron chi connectivity index (χ4n) is 1.99. The molecule has 1 unspecified atom stereocenters. The van der Waals surface area contributed by atoms with Gasteiger partial charge in [0, 0.05) is 11.7 Å². The maximum atomic E-state index is 12.3. The van der Waals surface area contributed by atoms with Crippen LogP contribution in [-0.4, -0.2) is 10.7 Å². The van der Waals surface area contributed by atoms with E-state index in [1.165, 1.54) is 11.5 Å². The lowest BCUT2D eigenvalue weighted by Crippen LogP contribution is -2.18. The lowest BCUT2D eigenvalue weighted by atomic mass is 10.2. The van der Waals surface area contributed by atoms with E-state index in [0.717, 1.165) is 0 Å². The zero-order valence-corrected chi connectivity index (χ0v) is 9.89. The lowest BCUT2D eigenvalue weighted by Gasteiger charge is -2.19. The maximum absolute atomic E-state index is 12.3. The van der Waals surface area contributed by atoms with Crippen molar-refractivity contribution in [3.63, 3.8) is 0 Å². The van der Waals surface area contributed by atoms with Gasteiger partial charge in [-0.15, -0.1) is 0 Å². The van der Waals surface area contributed by atoms with Crippen LogP contribution in [0, 0.1) is 25.2 Å². The molecular weight excluding hydrogens is 231 g/mol. The van der Waals surface area contributed by atoms with Crippen LogP contribution in [0.2, 0.25) is 0 Å². The Morgan fingerprint density at radius 2 is 1.94 bits per heavy atom. The lowest BCUT2D eigenvalue weighted by molar-refractivity contribution is -0.141. The van der Waals surface area contributed by atoms with Crippen LogP contribution in [0.3, 0.4) is 0 Å². The first-order valence-corrected chi connectivity index (χ1v) is 5.12. The molecule has 0 saturated heterocycles. The number of rotatable bonds is 2. The second-order valence-electron chi connectivity index (χ2n) is 4.12. The molecule has 6 heteroatoms. The van der Waals surface area contributed by atoms with Gasteiger partial charge in [0.2, 0.25) is 0 Å². The van der Waals surface area contributed by atoms with Crippen molar-refractivity contribution < 1.29 is 13.2 Å². The highest BCUT2D eigenvalue weighted by molar-refractivity contribution is 5.58. The Bertz CT molecular complexity index is 466. The molecule has 1 heterocycles. The van der Waals surface area contributed by atoms with E-state index in [0.29, 0.717) is 11.3 Å². The van der Waals surface area contributed by atoms with Crippen molar-refractivity contribution in [2.45, 2.75) is 39.4 Å². The molecule has 0 bridgehead atoms. The highest BCUT2D eigenvalue weighted by Crippen LogP contribution is 2.33. The average Bonchev–Trinajstić information content (AvgIpc) is 2.35. The van der Waals surface area contributed by atoms with Gasteiger partial charge in [0.1, 0.15) is 11.9 Å². The summed E-state index contributed by atoms with van der Waals surface area (Å²) < 4.78 is 38.4. The Morgan fingerprint density at radius 1 is 1.41 bits per heavy atom. The predicted octanol–water partition coefficient (Wildman–Crippen LogP) is 3.07. The molecule has 17 heavy (non-hydrogen) atoms. The fourth-order valence-corrected chi connectivity index (χ4v) is 1.99. The summed E-state index contributed by atoms with van der Waals surface area (Å²) in [7, 11) is 0. The van der Waals surface area contributed by atoms with Gasteiger partial charge in [-0.25, -0.2) is 0 Å². The van der Waals surface area contributed by atoms with Gasteiger partial charge in [0.25, 0.3) is 0 Å². The molecule has 0 aliphatic rings. The molecule has 0 aromatic carbocycles. The largest absolute Gasteiger partial charge is 0.391 e. The van der Waals surface area contributed by atoms with Crippen LogP contribution in [0.25, 0.3) is 0 Å². The topological polar surface area (TPSA) is 54.7 Å². The van der Waals surface area contributed by atoms with E-state index in [1.807, 2.05) is 6.07 Å². The molecule has 3 nitrogen and oxygen atoms in total. The Balaban J connectivity index is 3.20. The van der Waals surface area contributed by atoms with E-state index >= 15 is 0 Å². The van der Waals surface area contributed by atoms with Gasteiger partial charge in [-0.2, -0.15) is 18.4 Å². The quantitative estimate of drug-likeness (QED) is 0.870. The summed E-state index contributed by atoms with van der Waals surface area (Å²) in [6.45, 7) is 4.79. The molecule has 0 aliphatic carbocycles. The predicted molar refractivity (Wildman–Crippen MR) is 58.4 cm³/mol. The second-order valence-corrected chi connectivity index (χ2v) is 4.12. The van der Waals surface area contributed by atoms with E-state index in [4.69, 9.17) is 11.0 Å². The van der Waals surface area contributed by atoms with E-state index in [1.54, 1.807) is 13.8 Å². The summed E-state index contributed by atoms with van der Waals surface area (Å²) in [4.78, 5) is 0. The standard InChI is InChI=1S/C11H14F3N3/c1-6(4-11(12,13)14)17-8(3)7(2)9(5-15)10(17)16/h6H,4,16H2,1-3H3. The number of nitrogen functional groups attached to an aromatic ring is 1. The first kappa shape index (κ1) is 13.4. The molecule has 0 saturated carbocycles. The monoisotopic (exact) mass is 245 g/mol. The number of nitrogens with two attached hydrogens (primary N) is 1. The van der Waals surface area contributed by atoms with Gasteiger partial charge in [-0.1, -0.05) is 0 Å². The number of hydrogen-bond donors (Lipinski definition) is 1. The van der Waals surface area contributed by atoms with Crippen LogP contribution < -0.4 is 5.73 Å². The smallest absolute Gasteiger partial charge is 0.384 e. The first-order chi connectivity index (χ1) is 7.69. The number of aromatic nitrogens is 1. The molecule has 0 radical (unpaired) electrons. The number of anilines is 1. The van der Waals surface area contributed by atoms with E-state index in [2.05, 4.69) is 0 Å². The zero-order chi connectivity index (χ0) is 13.4. The highest BCUT2D eigenvalue weighted by Gasteiger charge is 2.32. The molecule has 0 aliphatic heterocycles. The van der Waals surface area contributed by atoms with Gasteiger partial charge >= 0.3 is 6.18 Å². The normalized spacial score (nSPS) is 13.5. The fraction of sp³-hybridized carbons (Fsp3) is 0.545. The van der Waals surface area contributed by atoms with Crippen molar-refractivity contribution in [2.75, 3.05) is 5.73 Å². The van der Waals surface area contributed by atoms with Crippen LogP contribution in [0.15, 0.2) is 0 Å². The van der Waals surface area contributed by atoms with Crippen LogP contribution in [0.1, 0.15) is 36.2 Å². The van der Waals surface area contributed by atoms with E-state index < -0.39 is 18.6 Å². The van der Waals surface area contributed by atoms with Crippen molar-refractivity contribution in [3.8, 4) is 6.07 Å². The number of alkyl halides is 3. The average molecular weight is 245 g/mol. The second kappa shape index (κ2) is 4.32. The molecule has 94 valence electrons. The Morgan fingerprint density at radius 3 is 2.29 bits per heavy atom. The van der Waals surface area contributed by atoms with Crippen molar-refractivity contribution in [1.82, 2.24) is 4.57 Å². The molecule has 1 atom stereocenters. The third-order valence-corrected chi connectivity index (χ3v) is 2.87. The molecule has 1 aromatic heterocycles. The summed E-state index contributed by atoms with van der Waals surface area (Å²) in [5.74, 6) is 0.110. The summed E-state index contributed by atoms with van der Waals surface area (Å²) in [5, 5.41) is 8.89. The maximum Gasteiger partial charge on any atom is 0.391 e. The Labute approximate surface area is 97.6 Å². The van der Waals surface area contributed by atoms with Gasteiger partial charge in [-0.3, -0.25) is 0 Å². The number of nitrogens with zero attached hydrogens (tertiary/aromatic N) is 2. The minimum absolute atomic E-state index is 0.110. The third kappa shape index (κ3) is 2.54. The first-order valence-electron chi connectivity index (χ1n) is 5.12. The third-order valence-electron chi connectivity index (χ3n) is 2.87. The Hall–Kier alpha value is -1.64. The summed E-state index contributed by atoms with van der Waals surface area (Å²) in [6, 6.07) is 1.11. The van der Waals surface area contributed by atoms with Crippen molar-refractivity contribution in [1.29, 1.82) is 5.26 Å². The zero-order valence-electron chi connectivity index (χ0n) is 9.89.